The van der Waals surface area contributed by atoms with Gasteiger partial charge in [-0.1, -0.05) is 18.2 Å². The number of sulfonamides is 1. The highest BCUT2D eigenvalue weighted by molar-refractivity contribution is 7.89. The van der Waals surface area contributed by atoms with Gasteiger partial charge in [0.25, 0.3) is 0 Å². The molecule has 2 aromatic carbocycles. The minimum absolute atomic E-state index is 0.0108. The van der Waals surface area contributed by atoms with E-state index in [1.165, 1.54) is 56.6 Å². The Balaban J connectivity index is 2.14. The van der Waals surface area contributed by atoms with Gasteiger partial charge in [0.2, 0.25) is 10.0 Å². The zero-order chi connectivity index (χ0) is 20.8. The molecule has 0 amide bonds. The summed E-state index contributed by atoms with van der Waals surface area (Å²) in [5.41, 5.74) is 0.0884. The number of alkyl halides is 3. The Labute approximate surface area is 161 Å². The van der Waals surface area contributed by atoms with Crippen LogP contribution in [0.1, 0.15) is 5.56 Å². The lowest BCUT2D eigenvalue weighted by molar-refractivity contribution is -0.274. The van der Waals surface area contributed by atoms with Crippen LogP contribution in [0.5, 0.6) is 11.5 Å². The van der Waals surface area contributed by atoms with Gasteiger partial charge in [-0.25, -0.2) is 8.42 Å². The van der Waals surface area contributed by atoms with E-state index in [4.69, 9.17) is 9.47 Å². The highest BCUT2D eigenvalue weighted by Gasteiger charge is 2.32. The van der Waals surface area contributed by atoms with Gasteiger partial charge in [-0.15, -0.1) is 13.2 Å². The van der Waals surface area contributed by atoms with Crippen LogP contribution in [0.15, 0.2) is 53.4 Å². The third-order valence-electron chi connectivity index (χ3n) is 3.68. The number of ether oxygens (including phenoxy) is 3. The molecule has 10 heteroatoms. The van der Waals surface area contributed by atoms with Crippen LogP contribution in [0.4, 0.5) is 13.2 Å². The molecule has 0 aromatic heterocycles. The van der Waals surface area contributed by atoms with Gasteiger partial charge in [-0.3, -0.25) is 0 Å². The summed E-state index contributed by atoms with van der Waals surface area (Å²) in [4.78, 5) is -0.0108. The Kier molecular flexibility index (Phi) is 7.28. The summed E-state index contributed by atoms with van der Waals surface area (Å²) in [7, 11) is -1.11. The second-order valence-electron chi connectivity index (χ2n) is 5.73. The summed E-state index contributed by atoms with van der Waals surface area (Å²) in [5.74, 6) is 0.0292. The van der Waals surface area contributed by atoms with Crippen molar-refractivity contribution in [2.75, 3.05) is 27.4 Å². The molecule has 154 valence electrons. The fraction of sp³-hybridized carbons (Fsp3) is 0.333. The van der Waals surface area contributed by atoms with Crippen LogP contribution < -0.4 is 9.47 Å². The van der Waals surface area contributed by atoms with Gasteiger partial charge in [-0.05, 0) is 30.3 Å². The van der Waals surface area contributed by atoms with E-state index in [-0.39, 0.29) is 17.0 Å². The average molecular weight is 419 g/mol. The van der Waals surface area contributed by atoms with Crippen LogP contribution in [-0.4, -0.2) is 46.5 Å². The Bertz CT molecular complexity index is 870. The maximum atomic E-state index is 12.7. The maximum absolute atomic E-state index is 12.7. The highest BCUT2D eigenvalue weighted by Crippen LogP contribution is 2.28. The Morgan fingerprint density at radius 1 is 1.00 bits per heavy atom. The number of halogens is 3. The van der Waals surface area contributed by atoms with Crippen molar-refractivity contribution in [3.63, 3.8) is 0 Å². The van der Waals surface area contributed by atoms with E-state index in [1.807, 2.05) is 0 Å². The molecular formula is C18H20F3NO5S. The second kappa shape index (κ2) is 9.26. The van der Waals surface area contributed by atoms with Gasteiger partial charge in [-0.2, -0.15) is 4.31 Å². The summed E-state index contributed by atoms with van der Waals surface area (Å²) in [6.45, 7) is 0.418. The van der Waals surface area contributed by atoms with Crippen molar-refractivity contribution in [3.05, 3.63) is 54.1 Å². The summed E-state index contributed by atoms with van der Waals surface area (Å²) >= 11 is 0. The van der Waals surface area contributed by atoms with Crippen LogP contribution in [-0.2, 0) is 21.3 Å². The first-order chi connectivity index (χ1) is 13.1. The minimum atomic E-state index is -4.87. The Hall–Kier alpha value is -2.30. The van der Waals surface area contributed by atoms with Crippen molar-refractivity contribution < 1.29 is 35.8 Å². The van der Waals surface area contributed by atoms with E-state index >= 15 is 0 Å². The first-order valence-corrected chi connectivity index (χ1v) is 9.59. The first-order valence-electron chi connectivity index (χ1n) is 8.15. The lowest BCUT2D eigenvalue weighted by atomic mass is 10.2. The molecule has 0 unspecified atom stereocenters. The third kappa shape index (κ3) is 6.11. The second-order valence-corrected chi connectivity index (χ2v) is 7.77. The van der Waals surface area contributed by atoms with Gasteiger partial charge in [0.05, 0.1) is 11.5 Å². The number of methoxy groups -OCH3 is 1. The molecule has 0 N–H and O–H groups in total. The van der Waals surface area contributed by atoms with Crippen LogP contribution in [0.25, 0.3) is 0 Å². The van der Waals surface area contributed by atoms with Crippen LogP contribution in [0.2, 0.25) is 0 Å². The quantitative estimate of drug-likeness (QED) is 0.583. The summed E-state index contributed by atoms with van der Waals surface area (Å²) < 4.78 is 78.2. The molecule has 6 nitrogen and oxygen atoms in total. The Morgan fingerprint density at radius 2 is 1.64 bits per heavy atom. The predicted octanol–water partition coefficient (Wildman–Crippen LogP) is 3.43. The molecule has 28 heavy (non-hydrogen) atoms. The third-order valence-corrected chi connectivity index (χ3v) is 5.50. The molecule has 0 bridgehead atoms. The van der Waals surface area contributed by atoms with E-state index < -0.39 is 22.1 Å². The smallest absolute Gasteiger partial charge is 0.491 e. The standard InChI is InChI=1S/C18H20F3NO5S/c1-22(13-14-5-3-4-6-17(14)27-18(19,20)21)28(23,24)16-9-7-15(8-10-16)26-12-11-25-2/h3-10H,11-13H2,1-2H3. The minimum Gasteiger partial charge on any atom is -0.491 e. The van der Waals surface area contributed by atoms with Crippen molar-refractivity contribution in [1.29, 1.82) is 0 Å². The van der Waals surface area contributed by atoms with Crippen molar-refractivity contribution in [3.8, 4) is 11.5 Å². The molecule has 0 spiro atoms. The SMILES string of the molecule is COCCOc1ccc(S(=O)(=O)N(C)Cc2ccccc2OC(F)(F)F)cc1. The summed E-state index contributed by atoms with van der Waals surface area (Å²) in [6, 6.07) is 11.1. The molecule has 0 aliphatic carbocycles. The highest BCUT2D eigenvalue weighted by atomic mass is 32.2. The van der Waals surface area contributed by atoms with Gasteiger partial charge in [0.1, 0.15) is 18.1 Å². The normalized spacial score (nSPS) is 12.2. The lowest BCUT2D eigenvalue weighted by Crippen LogP contribution is -2.27. The van der Waals surface area contributed by atoms with E-state index in [0.717, 1.165) is 10.4 Å². The number of hydrogen-bond donors (Lipinski definition) is 0. The fourth-order valence-corrected chi connectivity index (χ4v) is 3.46. The average Bonchev–Trinajstić information content (AvgIpc) is 2.63. The Morgan fingerprint density at radius 3 is 2.25 bits per heavy atom. The maximum Gasteiger partial charge on any atom is 0.573 e. The van der Waals surface area contributed by atoms with Gasteiger partial charge in [0, 0.05) is 26.3 Å². The number of rotatable bonds is 9. The van der Waals surface area contributed by atoms with Crippen molar-refractivity contribution in [2.24, 2.45) is 0 Å². The molecule has 2 aromatic rings. The molecule has 0 aliphatic rings. The van der Waals surface area contributed by atoms with E-state index in [9.17, 15) is 21.6 Å². The number of para-hydroxylation sites is 1. The molecule has 0 saturated carbocycles. The molecular weight excluding hydrogens is 399 g/mol. The first kappa shape index (κ1) is 22.0. The molecule has 0 aliphatic heterocycles. The number of hydrogen-bond acceptors (Lipinski definition) is 5. The van der Waals surface area contributed by atoms with Crippen molar-refractivity contribution >= 4 is 10.0 Å². The number of benzene rings is 2. The lowest BCUT2D eigenvalue weighted by Gasteiger charge is -2.20. The van der Waals surface area contributed by atoms with E-state index in [1.54, 1.807) is 0 Å². The molecule has 0 fully saturated rings. The number of nitrogens with zero attached hydrogens (tertiary/aromatic N) is 1. The fourth-order valence-electron chi connectivity index (χ4n) is 2.31. The molecule has 0 heterocycles. The predicted molar refractivity (Wildman–Crippen MR) is 95.6 cm³/mol. The van der Waals surface area contributed by atoms with Crippen molar-refractivity contribution in [1.82, 2.24) is 4.31 Å². The topological polar surface area (TPSA) is 65.1 Å². The summed E-state index contributed by atoms with van der Waals surface area (Å²) in [5, 5.41) is 0. The monoisotopic (exact) mass is 419 g/mol. The molecule has 0 atom stereocenters. The molecule has 0 radical (unpaired) electrons. The van der Waals surface area contributed by atoms with E-state index in [0.29, 0.717) is 19.0 Å². The molecule has 2 rings (SSSR count). The summed E-state index contributed by atoms with van der Waals surface area (Å²) in [6.07, 6.45) is -4.87. The largest absolute Gasteiger partial charge is 0.573 e. The van der Waals surface area contributed by atoms with E-state index in [2.05, 4.69) is 4.74 Å². The molecule has 0 saturated heterocycles. The van der Waals surface area contributed by atoms with Gasteiger partial charge < -0.3 is 14.2 Å². The van der Waals surface area contributed by atoms with Crippen LogP contribution in [0, 0.1) is 0 Å². The zero-order valence-electron chi connectivity index (χ0n) is 15.3. The van der Waals surface area contributed by atoms with Crippen LogP contribution >= 0.6 is 0 Å². The van der Waals surface area contributed by atoms with Crippen LogP contribution in [0.3, 0.4) is 0 Å². The van der Waals surface area contributed by atoms with Gasteiger partial charge in [0.15, 0.2) is 0 Å². The van der Waals surface area contributed by atoms with Crippen molar-refractivity contribution in [2.45, 2.75) is 17.8 Å². The van der Waals surface area contributed by atoms with Gasteiger partial charge >= 0.3 is 6.36 Å². The zero-order valence-corrected chi connectivity index (χ0v) is 16.1.